The molecule has 2 N–H and O–H groups in total. The molecule has 1 heterocycles. The van der Waals surface area contributed by atoms with E-state index in [9.17, 15) is 0 Å². The molecule has 0 amide bonds. The lowest BCUT2D eigenvalue weighted by atomic mass is 9.85. The molecule has 3 atom stereocenters. The van der Waals surface area contributed by atoms with Gasteiger partial charge in [-0.2, -0.15) is 0 Å². The van der Waals surface area contributed by atoms with Crippen LogP contribution in [-0.4, -0.2) is 24.3 Å². The summed E-state index contributed by atoms with van der Waals surface area (Å²) in [6.45, 7) is 5.88. The molecule has 0 saturated carbocycles. The van der Waals surface area contributed by atoms with Gasteiger partial charge in [-0.3, -0.25) is 0 Å². The second kappa shape index (κ2) is 4.07. The summed E-state index contributed by atoms with van der Waals surface area (Å²) < 4.78 is 0. The van der Waals surface area contributed by atoms with E-state index in [2.05, 4.69) is 19.2 Å². The number of nitrogens with one attached hydrogen (secondary N) is 1. The maximum atomic E-state index is 9.07. The Kier molecular flexibility index (Phi) is 3.34. The molecule has 0 aliphatic carbocycles. The van der Waals surface area contributed by atoms with Gasteiger partial charge in [0.05, 0.1) is 0 Å². The second-order valence-corrected chi connectivity index (χ2v) is 3.71. The highest BCUT2D eigenvalue weighted by molar-refractivity contribution is 4.82. The van der Waals surface area contributed by atoms with E-state index < -0.39 is 0 Å². The molecular weight excluding hydrogens is 138 g/mol. The van der Waals surface area contributed by atoms with Gasteiger partial charge in [0.2, 0.25) is 0 Å². The van der Waals surface area contributed by atoms with Gasteiger partial charge in [0.15, 0.2) is 0 Å². The standard InChI is InChI=1S/C9H19NO/c1-3-9-8(6-11)4-7(2)5-10-9/h7-11H,3-6H2,1-2H3. The van der Waals surface area contributed by atoms with Gasteiger partial charge in [0, 0.05) is 12.6 Å². The molecule has 0 radical (unpaired) electrons. The summed E-state index contributed by atoms with van der Waals surface area (Å²) in [6.07, 6.45) is 2.32. The first-order valence-corrected chi connectivity index (χ1v) is 4.62. The van der Waals surface area contributed by atoms with E-state index in [1.807, 2.05) is 0 Å². The van der Waals surface area contributed by atoms with Crippen LogP contribution in [0.5, 0.6) is 0 Å². The Labute approximate surface area is 69.0 Å². The second-order valence-electron chi connectivity index (χ2n) is 3.71. The van der Waals surface area contributed by atoms with Crippen LogP contribution in [0, 0.1) is 11.8 Å². The fraction of sp³-hybridized carbons (Fsp3) is 1.00. The fourth-order valence-electron chi connectivity index (χ4n) is 1.96. The van der Waals surface area contributed by atoms with Crippen LogP contribution >= 0.6 is 0 Å². The van der Waals surface area contributed by atoms with Crippen LogP contribution in [0.2, 0.25) is 0 Å². The predicted octanol–water partition coefficient (Wildman–Crippen LogP) is 1.00. The molecule has 1 aliphatic heterocycles. The Morgan fingerprint density at radius 2 is 2.27 bits per heavy atom. The molecule has 1 aliphatic rings. The van der Waals surface area contributed by atoms with Crippen LogP contribution in [0.25, 0.3) is 0 Å². The molecule has 1 saturated heterocycles. The summed E-state index contributed by atoms with van der Waals surface area (Å²) >= 11 is 0. The summed E-state index contributed by atoms with van der Waals surface area (Å²) in [7, 11) is 0. The first-order valence-electron chi connectivity index (χ1n) is 4.62. The van der Waals surface area contributed by atoms with Crippen LogP contribution < -0.4 is 5.32 Å². The predicted molar refractivity (Wildman–Crippen MR) is 46.4 cm³/mol. The topological polar surface area (TPSA) is 32.3 Å². The van der Waals surface area contributed by atoms with Crippen LogP contribution in [0.4, 0.5) is 0 Å². The molecule has 66 valence electrons. The lowest BCUT2D eigenvalue weighted by Crippen LogP contribution is -2.45. The van der Waals surface area contributed by atoms with Crippen molar-refractivity contribution >= 4 is 0 Å². The molecule has 1 fully saturated rings. The molecule has 0 aromatic rings. The van der Waals surface area contributed by atoms with Gasteiger partial charge in [-0.25, -0.2) is 0 Å². The third kappa shape index (κ3) is 2.17. The summed E-state index contributed by atoms with van der Waals surface area (Å²) in [5.41, 5.74) is 0. The van der Waals surface area contributed by atoms with E-state index >= 15 is 0 Å². The van der Waals surface area contributed by atoms with Crippen LogP contribution in [0.15, 0.2) is 0 Å². The zero-order valence-corrected chi connectivity index (χ0v) is 7.51. The maximum absolute atomic E-state index is 9.07. The number of hydrogen-bond acceptors (Lipinski definition) is 2. The number of hydrogen-bond donors (Lipinski definition) is 2. The minimum atomic E-state index is 0.343. The quantitative estimate of drug-likeness (QED) is 0.627. The van der Waals surface area contributed by atoms with E-state index in [0.717, 1.165) is 18.9 Å². The van der Waals surface area contributed by atoms with E-state index in [1.54, 1.807) is 0 Å². The van der Waals surface area contributed by atoms with E-state index in [0.29, 0.717) is 18.6 Å². The Morgan fingerprint density at radius 3 is 2.82 bits per heavy atom. The number of rotatable bonds is 2. The zero-order chi connectivity index (χ0) is 8.27. The van der Waals surface area contributed by atoms with Crippen LogP contribution in [0.1, 0.15) is 26.7 Å². The molecule has 0 bridgehead atoms. The molecular formula is C9H19NO. The van der Waals surface area contributed by atoms with Crippen molar-refractivity contribution in [1.29, 1.82) is 0 Å². The molecule has 11 heavy (non-hydrogen) atoms. The number of aliphatic hydroxyl groups excluding tert-OH is 1. The summed E-state index contributed by atoms with van der Waals surface area (Å²) in [4.78, 5) is 0. The average Bonchev–Trinajstić information content (AvgIpc) is 2.04. The van der Waals surface area contributed by atoms with Crippen molar-refractivity contribution in [3.05, 3.63) is 0 Å². The first kappa shape index (κ1) is 9.01. The van der Waals surface area contributed by atoms with Crippen molar-refractivity contribution in [3.8, 4) is 0 Å². The molecule has 0 spiro atoms. The Hall–Kier alpha value is -0.0800. The largest absolute Gasteiger partial charge is 0.396 e. The number of piperidine rings is 1. The third-order valence-corrected chi connectivity index (χ3v) is 2.68. The number of aliphatic hydroxyl groups is 1. The average molecular weight is 157 g/mol. The van der Waals surface area contributed by atoms with E-state index in [-0.39, 0.29) is 0 Å². The first-order chi connectivity index (χ1) is 5.27. The molecule has 0 aromatic heterocycles. The third-order valence-electron chi connectivity index (χ3n) is 2.68. The van der Waals surface area contributed by atoms with Gasteiger partial charge in [-0.05, 0) is 31.2 Å². The lowest BCUT2D eigenvalue weighted by Gasteiger charge is -2.34. The van der Waals surface area contributed by atoms with Crippen molar-refractivity contribution < 1.29 is 5.11 Å². The summed E-state index contributed by atoms with van der Waals surface area (Å²) in [5, 5.41) is 12.5. The molecule has 2 nitrogen and oxygen atoms in total. The van der Waals surface area contributed by atoms with Gasteiger partial charge in [-0.15, -0.1) is 0 Å². The van der Waals surface area contributed by atoms with Gasteiger partial charge in [0.1, 0.15) is 0 Å². The monoisotopic (exact) mass is 157 g/mol. The highest BCUT2D eigenvalue weighted by Gasteiger charge is 2.25. The SMILES string of the molecule is CCC1NCC(C)CC1CO. The maximum Gasteiger partial charge on any atom is 0.0474 e. The minimum absolute atomic E-state index is 0.343. The van der Waals surface area contributed by atoms with Crippen LogP contribution in [-0.2, 0) is 0 Å². The Morgan fingerprint density at radius 1 is 1.55 bits per heavy atom. The van der Waals surface area contributed by atoms with Crippen molar-refractivity contribution in [3.63, 3.8) is 0 Å². The molecule has 1 rings (SSSR count). The fourth-order valence-corrected chi connectivity index (χ4v) is 1.96. The smallest absolute Gasteiger partial charge is 0.0474 e. The molecule has 0 aromatic carbocycles. The zero-order valence-electron chi connectivity index (χ0n) is 7.51. The van der Waals surface area contributed by atoms with Gasteiger partial charge in [0.25, 0.3) is 0 Å². The highest BCUT2D eigenvalue weighted by atomic mass is 16.3. The summed E-state index contributed by atoms with van der Waals surface area (Å²) in [6, 6.07) is 0.552. The van der Waals surface area contributed by atoms with Crippen LogP contribution in [0.3, 0.4) is 0 Å². The van der Waals surface area contributed by atoms with E-state index in [4.69, 9.17) is 5.11 Å². The van der Waals surface area contributed by atoms with Gasteiger partial charge < -0.3 is 10.4 Å². The van der Waals surface area contributed by atoms with Crippen molar-refractivity contribution in [2.45, 2.75) is 32.7 Å². The van der Waals surface area contributed by atoms with Crippen molar-refractivity contribution in [2.24, 2.45) is 11.8 Å². The van der Waals surface area contributed by atoms with E-state index in [1.165, 1.54) is 6.42 Å². The van der Waals surface area contributed by atoms with Crippen molar-refractivity contribution in [2.75, 3.05) is 13.2 Å². The normalized spacial score (nSPS) is 39.0. The Bertz CT molecular complexity index is 116. The van der Waals surface area contributed by atoms with Crippen molar-refractivity contribution in [1.82, 2.24) is 5.32 Å². The lowest BCUT2D eigenvalue weighted by molar-refractivity contribution is 0.134. The van der Waals surface area contributed by atoms with Gasteiger partial charge >= 0.3 is 0 Å². The Balaban J connectivity index is 2.41. The minimum Gasteiger partial charge on any atom is -0.396 e. The van der Waals surface area contributed by atoms with Gasteiger partial charge in [-0.1, -0.05) is 13.8 Å². The highest BCUT2D eigenvalue weighted by Crippen LogP contribution is 2.21. The molecule has 2 heteroatoms. The summed E-state index contributed by atoms with van der Waals surface area (Å²) in [5.74, 6) is 1.22. The molecule has 3 unspecified atom stereocenters.